The molecule has 4 heteroatoms. The van der Waals surface area contributed by atoms with Crippen molar-refractivity contribution in [1.29, 1.82) is 0 Å². The molecule has 1 N–H and O–H groups in total. The molecular formula is C9H8ClNOS. The Kier molecular flexibility index (Phi) is 2.47. The smallest absolute Gasteiger partial charge is 0.151 e. The summed E-state index contributed by atoms with van der Waals surface area (Å²) >= 11 is 7.65. The third-order valence-corrected chi connectivity index (χ3v) is 3.29. The minimum absolute atomic E-state index is 0.532. The van der Waals surface area contributed by atoms with E-state index in [1.165, 1.54) is 0 Å². The number of benzene rings is 1. The summed E-state index contributed by atoms with van der Waals surface area (Å²) in [5.74, 6) is 1.05. The standard InChI is InChI=1S/C9H8ClNOS/c10-7-4-9-8(3-6(7)5-12)11-1-2-13-9/h3-5,11H,1-2H2. The average molecular weight is 214 g/mol. The van der Waals surface area contributed by atoms with Crippen LogP contribution in [0.25, 0.3) is 0 Å². The Balaban J connectivity index is 2.50. The van der Waals surface area contributed by atoms with Gasteiger partial charge in [0.1, 0.15) is 0 Å². The van der Waals surface area contributed by atoms with Gasteiger partial charge in [-0.2, -0.15) is 0 Å². The van der Waals surface area contributed by atoms with Crippen LogP contribution in [-0.4, -0.2) is 18.6 Å². The van der Waals surface area contributed by atoms with Crippen LogP contribution in [0.4, 0.5) is 5.69 Å². The van der Waals surface area contributed by atoms with Crippen molar-refractivity contribution < 1.29 is 4.79 Å². The van der Waals surface area contributed by atoms with Crippen molar-refractivity contribution in [1.82, 2.24) is 0 Å². The summed E-state index contributed by atoms with van der Waals surface area (Å²) in [6.45, 7) is 0.942. The fourth-order valence-corrected chi connectivity index (χ4v) is 2.45. The Morgan fingerprint density at radius 2 is 2.38 bits per heavy atom. The van der Waals surface area contributed by atoms with E-state index in [1.807, 2.05) is 6.07 Å². The Labute approximate surface area is 85.7 Å². The van der Waals surface area contributed by atoms with Gasteiger partial charge in [0.25, 0.3) is 0 Å². The normalized spacial score (nSPS) is 14.5. The van der Waals surface area contributed by atoms with E-state index in [4.69, 9.17) is 11.6 Å². The number of fused-ring (bicyclic) bond motifs is 1. The van der Waals surface area contributed by atoms with Crippen molar-refractivity contribution >= 4 is 35.3 Å². The molecule has 0 spiro atoms. The van der Waals surface area contributed by atoms with E-state index in [9.17, 15) is 4.79 Å². The van der Waals surface area contributed by atoms with Crippen LogP contribution in [0.2, 0.25) is 5.02 Å². The predicted molar refractivity (Wildman–Crippen MR) is 56.1 cm³/mol. The van der Waals surface area contributed by atoms with Gasteiger partial charge >= 0.3 is 0 Å². The van der Waals surface area contributed by atoms with Gasteiger partial charge in [0, 0.05) is 28.4 Å². The predicted octanol–water partition coefficient (Wildman–Crippen LogP) is 2.67. The molecule has 0 aromatic heterocycles. The monoisotopic (exact) mass is 213 g/mol. The molecular weight excluding hydrogens is 206 g/mol. The summed E-state index contributed by atoms with van der Waals surface area (Å²) in [5, 5.41) is 3.76. The number of hydrogen-bond donors (Lipinski definition) is 1. The Morgan fingerprint density at radius 1 is 1.54 bits per heavy atom. The zero-order chi connectivity index (χ0) is 9.26. The van der Waals surface area contributed by atoms with Crippen molar-refractivity contribution in [3.63, 3.8) is 0 Å². The van der Waals surface area contributed by atoms with Crippen molar-refractivity contribution in [3.05, 3.63) is 22.7 Å². The maximum absolute atomic E-state index is 10.6. The van der Waals surface area contributed by atoms with Crippen molar-refractivity contribution in [2.45, 2.75) is 4.90 Å². The largest absolute Gasteiger partial charge is 0.383 e. The lowest BCUT2D eigenvalue weighted by atomic mass is 10.2. The molecule has 1 aliphatic rings. The van der Waals surface area contributed by atoms with E-state index in [1.54, 1.807) is 17.8 Å². The van der Waals surface area contributed by atoms with Crippen LogP contribution in [0.3, 0.4) is 0 Å². The highest BCUT2D eigenvalue weighted by Crippen LogP contribution is 2.34. The highest BCUT2D eigenvalue weighted by Gasteiger charge is 2.11. The fraction of sp³-hybridized carbons (Fsp3) is 0.222. The number of rotatable bonds is 1. The Bertz CT molecular complexity index is 354. The summed E-state index contributed by atoms with van der Waals surface area (Å²) in [5.41, 5.74) is 1.57. The number of thioether (sulfide) groups is 1. The lowest BCUT2D eigenvalue weighted by Crippen LogP contribution is -2.10. The van der Waals surface area contributed by atoms with E-state index in [2.05, 4.69) is 5.32 Å². The van der Waals surface area contributed by atoms with Gasteiger partial charge in [-0.15, -0.1) is 11.8 Å². The number of halogens is 1. The zero-order valence-electron chi connectivity index (χ0n) is 6.84. The maximum atomic E-state index is 10.6. The van der Waals surface area contributed by atoms with Gasteiger partial charge in [-0.1, -0.05) is 11.6 Å². The van der Waals surface area contributed by atoms with Gasteiger partial charge in [0.2, 0.25) is 0 Å². The highest BCUT2D eigenvalue weighted by molar-refractivity contribution is 7.99. The Morgan fingerprint density at radius 3 is 3.15 bits per heavy atom. The SMILES string of the molecule is O=Cc1cc2c(cc1Cl)SCCN2. The van der Waals surface area contributed by atoms with Gasteiger partial charge in [-0.05, 0) is 12.1 Å². The van der Waals surface area contributed by atoms with Crippen LogP contribution in [-0.2, 0) is 0 Å². The molecule has 1 aromatic carbocycles. The molecule has 0 radical (unpaired) electrons. The second kappa shape index (κ2) is 3.60. The second-order valence-corrected chi connectivity index (χ2v) is 4.31. The van der Waals surface area contributed by atoms with Crippen LogP contribution in [0, 0.1) is 0 Å². The second-order valence-electron chi connectivity index (χ2n) is 2.76. The number of nitrogens with one attached hydrogen (secondary N) is 1. The van der Waals surface area contributed by atoms with Crippen LogP contribution >= 0.6 is 23.4 Å². The first-order chi connectivity index (χ1) is 6.31. The van der Waals surface area contributed by atoms with Crippen molar-refractivity contribution in [2.24, 2.45) is 0 Å². The summed E-state index contributed by atoms with van der Waals surface area (Å²) < 4.78 is 0. The van der Waals surface area contributed by atoms with Gasteiger partial charge in [-0.25, -0.2) is 0 Å². The summed E-state index contributed by atoms with van der Waals surface area (Å²) in [4.78, 5) is 11.7. The van der Waals surface area contributed by atoms with Crippen LogP contribution in [0.15, 0.2) is 17.0 Å². The quantitative estimate of drug-likeness (QED) is 0.728. The summed E-state index contributed by atoms with van der Waals surface area (Å²) in [6, 6.07) is 3.65. The molecule has 2 rings (SSSR count). The molecule has 68 valence electrons. The fourth-order valence-electron chi connectivity index (χ4n) is 1.27. The van der Waals surface area contributed by atoms with E-state index in [0.29, 0.717) is 10.6 Å². The summed E-state index contributed by atoms with van der Waals surface area (Å²) in [6.07, 6.45) is 0.781. The molecule has 1 heterocycles. The van der Waals surface area contributed by atoms with Gasteiger partial charge in [-0.3, -0.25) is 4.79 Å². The lowest BCUT2D eigenvalue weighted by Gasteiger charge is -2.17. The van der Waals surface area contributed by atoms with E-state index >= 15 is 0 Å². The Hall–Kier alpha value is -0.670. The molecule has 0 saturated carbocycles. The molecule has 0 aliphatic carbocycles. The first kappa shape index (κ1) is 8.91. The van der Waals surface area contributed by atoms with Gasteiger partial charge < -0.3 is 5.32 Å². The molecule has 1 aromatic rings. The van der Waals surface area contributed by atoms with E-state index in [0.717, 1.165) is 29.2 Å². The molecule has 13 heavy (non-hydrogen) atoms. The molecule has 1 aliphatic heterocycles. The number of anilines is 1. The summed E-state index contributed by atoms with van der Waals surface area (Å²) in [7, 11) is 0. The minimum atomic E-state index is 0.532. The molecule has 0 atom stereocenters. The van der Waals surface area contributed by atoms with Gasteiger partial charge in [0.15, 0.2) is 6.29 Å². The molecule has 0 bridgehead atoms. The number of hydrogen-bond acceptors (Lipinski definition) is 3. The van der Waals surface area contributed by atoms with Crippen LogP contribution in [0.5, 0.6) is 0 Å². The maximum Gasteiger partial charge on any atom is 0.151 e. The highest BCUT2D eigenvalue weighted by atomic mass is 35.5. The van der Waals surface area contributed by atoms with E-state index < -0.39 is 0 Å². The minimum Gasteiger partial charge on any atom is -0.383 e. The zero-order valence-corrected chi connectivity index (χ0v) is 8.41. The average Bonchev–Trinajstić information content (AvgIpc) is 2.17. The molecule has 0 saturated heterocycles. The van der Waals surface area contributed by atoms with Crippen molar-refractivity contribution in [3.8, 4) is 0 Å². The number of aldehydes is 1. The van der Waals surface area contributed by atoms with E-state index in [-0.39, 0.29) is 0 Å². The lowest BCUT2D eigenvalue weighted by molar-refractivity contribution is 0.112. The third kappa shape index (κ3) is 1.67. The van der Waals surface area contributed by atoms with Crippen LogP contribution < -0.4 is 5.32 Å². The number of carbonyl (C=O) groups excluding carboxylic acids is 1. The first-order valence-corrected chi connectivity index (χ1v) is 5.33. The van der Waals surface area contributed by atoms with Crippen molar-refractivity contribution in [2.75, 3.05) is 17.6 Å². The number of carbonyl (C=O) groups is 1. The topological polar surface area (TPSA) is 29.1 Å². The molecule has 0 amide bonds. The van der Waals surface area contributed by atoms with Crippen LogP contribution in [0.1, 0.15) is 10.4 Å². The third-order valence-electron chi connectivity index (χ3n) is 1.90. The molecule has 0 unspecified atom stereocenters. The van der Waals surface area contributed by atoms with Gasteiger partial charge in [0.05, 0.1) is 5.02 Å². The molecule has 0 fully saturated rings. The first-order valence-electron chi connectivity index (χ1n) is 3.96. The molecule has 2 nitrogen and oxygen atoms in total.